The van der Waals surface area contributed by atoms with Crippen LogP contribution in [0.4, 0.5) is 0 Å². The van der Waals surface area contributed by atoms with Gasteiger partial charge in [0.1, 0.15) is 0 Å². The molecule has 0 aliphatic carbocycles. The maximum absolute atomic E-state index is 9.53. The lowest BCUT2D eigenvalue weighted by molar-refractivity contribution is 0.0970. The van der Waals surface area contributed by atoms with E-state index in [1.54, 1.807) is 0 Å². The molecule has 0 bridgehead atoms. The van der Waals surface area contributed by atoms with Gasteiger partial charge in [0.15, 0.2) is 0 Å². The normalized spacial score (nSPS) is 32.8. The first-order valence-corrected chi connectivity index (χ1v) is 4.46. The fraction of sp³-hybridized carbons (Fsp3) is 1.00. The fourth-order valence-electron chi connectivity index (χ4n) is 1.69. The molecule has 3 atom stereocenters. The van der Waals surface area contributed by atoms with Crippen molar-refractivity contribution in [1.82, 2.24) is 10.2 Å². The molecule has 0 spiro atoms. The molecule has 1 saturated heterocycles. The summed E-state index contributed by atoms with van der Waals surface area (Å²) in [7, 11) is 2.00. The average Bonchev–Trinajstić information content (AvgIpc) is 2.33. The van der Waals surface area contributed by atoms with E-state index in [2.05, 4.69) is 10.2 Å². The van der Waals surface area contributed by atoms with E-state index in [1.165, 1.54) is 0 Å². The summed E-state index contributed by atoms with van der Waals surface area (Å²) < 4.78 is 0. The zero-order valence-corrected chi connectivity index (χ0v) is 7.83. The first-order valence-electron chi connectivity index (χ1n) is 4.46. The number of rotatable bonds is 3. The van der Waals surface area contributed by atoms with Crippen LogP contribution in [-0.2, 0) is 0 Å². The van der Waals surface area contributed by atoms with Crippen LogP contribution in [0.3, 0.4) is 0 Å². The van der Waals surface area contributed by atoms with Gasteiger partial charge >= 0.3 is 0 Å². The zero-order chi connectivity index (χ0) is 9.14. The summed E-state index contributed by atoms with van der Waals surface area (Å²) in [5, 5.41) is 12.7. The molecule has 1 unspecified atom stereocenters. The molecule has 0 aromatic rings. The van der Waals surface area contributed by atoms with Crippen LogP contribution < -0.4 is 11.1 Å². The largest absolute Gasteiger partial charge is 0.390 e. The number of nitrogens with zero attached hydrogens (tertiary/aromatic N) is 1. The van der Waals surface area contributed by atoms with Crippen LogP contribution in [0.1, 0.15) is 6.92 Å². The van der Waals surface area contributed by atoms with Gasteiger partial charge in [-0.1, -0.05) is 0 Å². The minimum Gasteiger partial charge on any atom is -0.390 e. The second-order valence-electron chi connectivity index (χ2n) is 3.71. The van der Waals surface area contributed by atoms with Gasteiger partial charge in [0.05, 0.1) is 6.10 Å². The van der Waals surface area contributed by atoms with Crippen molar-refractivity contribution < 1.29 is 5.11 Å². The molecule has 12 heavy (non-hydrogen) atoms. The zero-order valence-electron chi connectivity index (χ0n) is 7.83. The molecular formula is C8H19N3O. The minimum atomic E-state index is -0.242. The third-order valence-electron chi connectivity index (χ3n) is 2.29. The molecule has 0 saturated carbocycles. The molecule has 1 fully saturated rings. The summed E-state index contributed by atoms with van der Waals surface area (Å²) in [6, 6.07) is 0.402. The van der Waals surface area contributed by atoms with E-state index >= 15 is 0 Å². The summed E-state index contributed by atoms with van der Waals surface area (Å²) >= 11 is 0. The van der Waals surface area contributed by atoms with Gasteiger partial charge in [-0.2, -0.15) is 0 Å². The number of likely N-dealkylation sites (N-methyl/N-ethyl adjacent to an activating group) is 1. The van der Waals surface area contributed by atoms with Crippen molar-refractivity contribution in [1.29, 1.82) is 0 Å². The smallest absolute Gasteiger partial charge is 0.0831 e. The van der Waals surface area contributed by atoms with E-state index in [0.29, 0.717) is 6.54 Å². The molecular weight excluding hydrogens is 154 g/mol. The number of hydrogen-bond acceptors (Lipinski definition) is 4. The number of aliphatic hydroxyl groups excluding tert-OH is 1. The Bertz CT molecular complexity index is 140. The minimum absolute atomic E-state index is 0.169. The molecule has 72 valence electrons. The van der Waals surface area contributed by atoms with Gasteiger partial charge in [-0.05, 0) is 14.0 Å². The lowest BCUT2D eigenvalue weighted by Gasteiger charge is -2.27. The molecule has 4 heteroatoms. The van der Waals surface area contributed by atoms with Crippen molar-refractivity contribution in [3.8, 4) is 0 Å². The standard InChI is InChI=1S/C8H19N3O/c1-6(9)5-11(2)7-3-10-4-8(7)12/h6-8,10,12H,3-5,9H2,1-2H3/t6?,7-,8-/m1/s1. The number of nitrogens with one attached hydrogen (secondary N) is 1. The lowest BCUT2D eigenvalue weighted by atomic mass is 10.2. The molecule has 4 N–H and O–H groups in total. The highest BCUT2D eigenvalue weighted by molar-refractivity contribution is 4.87. The van der Waals surface area contributed by atoms with E-state index in [9.17, 15) is 5.11 Å². The van der Waals surface area contributed by atoms with Gasteiger partial charge in [-0.25, -0.2) is 0 Å². The number of hydrogen-bond donors (Lipinski definition) is 3. The Morgan fingerprint density at radius 1 is 1.67 bits per heavy atom. The van der Waals surface area contributed by atoms with Crippen LogP contribution >= 0.6 is 0 Å². The SMILES string of the molecule is CC(N)CN(C)[C@@H]1CNC[C@H]1O. The van der Waals surface area contributed by atoms with Crippen molar-refractivity contribution >= 4 is 0 Å². The monoisotopic (exact) mass is 173 g/mol. The second kappa shape index (κ2) is 4.18. The highest BCUT2D eigenvalue weighted by atomic mass is 16.3. The van der Waals surface area contributed by atoms with E-state index < -0.39 is 0 Å². The summed E-state index contributed by atoms with van der Waals surface area (Å²) in [4.78, 5) is 2.12. The summed E-state index contributed by atoms with van der Waals surface area (Å²) in [6.45, 7) is 4.38. The van der Waals surface area contributed by atoms with E-state index in [4.69, 9.17) is 5.73 Å². The Labute approximate surface area is 73.7 Å². The number of β-amino-alcohol motifs (C(OH)–C–C–N with tert-alkyl or cyclic N) is 1. The van der Waals surface area contributed by atoms with Gasteiger partial charge in [0, 0.05) is 31.7 Å². The van der Waals surface area contributed by atoms with E-state index in [1.807, 2.05) is 14.0 Å². The first-order chi connectivity index (χ1) is 5.61. The molecule has 1 aliphatic heterocycles. The highest BCUT2D eigenvalue weighted by Crippen LogP contribution is 2.06. The molecule has 0 aromatic heterocycles. The predicted molar refractivity (Wildman–Crippen MR) is 48.9 cm³/mol. The quantitative estimate of drug-likeness (QED) is 0.491. The van der Waals surface area contributed by atoms with Crippen LogP contribution in [0.2, 0.25) is 0 Å². The molecule has 1 aliphatic rings. The van der Waals surface area contributed by atoms with Gasteiger partial charge in [-0.3, -0.25) is 4.90 Å². The summed E-state index contributed by atoms with van der Waals surface area (Å²) in [5.74, 6) is 0. The average molecular weight is 173 g/mol. The van der Waals surface area contributed by atoms with Crippen LogP contribution in [0.25, 0.3) is 0 Å². The molecule has 0 radical (unpaired) electrons. The Kier molecular flexibility index (Phi) is 3.46. The third-order valence-corrected chi connectivity index (χ3v) is 2.29. The van der Waals surface area contributed by atoms with Crippen LogP contribution in [0.15, 0.2) is 0 Å². The maximum atomic E-state index is 9.53. The van der Waals surface area contributed by atoms with E-state index in [-0.39, 0.29) is 18.2 Å². The number of aliphatic hydroxyl groups is 1. The van der Waals surface area contributed by atoms with Gasteiger partial charge in [0.25, 0.3) is 0 Å². The van der Waals surface area contributed by atoms with Crippen molar-refractivity contribution in [2.45, 2.75) is 25.1 Å². The fourth-order valence-corrected chi connectivity index (χ4v) is 1.69. The molecule has 1 rings (SSSR count). The Hall–Kier alpha value is -0.160. The van der Waals surface area contributed by atoms with Crippen LogP contribution in [0, 0.1) is 0 Å². The third kappa shape index (κ3) is 2.42. The first kappa shape index (κ1) is 9.92. The topological polar surface area (TPSA) is 61.5 Å². The van der Waals surface area contributed by atoms with Crippen molar-refractivity contribution in [3.05, 3.63) is 0 Å². The van der Waals surface area contributed by atoms with Gasteiger partial charge in [0.2, 0.25) is 0 Å². The van der Waals surface area contributed by atoms with Gasteiger partial charge < -0.3 is 16.2 Å². The summed E-state index contributed by atoms with van der Waals surface area (Å²) in [5.41, 5.74) is 5.66. The molecule has 0 amide bonds. The molecule has 4 nitrogen and oxygen atoms in total. The van der Waals surface area contributed by atoms with Crippen LogP contribution in [-0.4, -0.2) is 54.9 Å². The van der Waals surface area contributed by atoms with E-state index in [0.717, 1.165) is 13.1 Å². The Balaban J connectivity index is 2.35. The van der Waals surface area contributed by atoms with Crippen molar-refractivity contribution in [2.75, 3.05) is 26.7 Å². The van der Waals surface area contributed by atoms with Crippen molar-refractivity contribution in [2.24, 2.45) is 5.73 Å². The lowest BCUT2D eigenvalue weighted by Crippen LogP contribution is -2.45. The number of nitrogens with two attached hydrogens (primary N) is 1. The molecule has 0 aromatic carbocycles. The Morgan fingerprint density at radius 2 is 2.33 bits per heavy atom. The molecule has 1 heterocycles. The second-order valence-corrected chi connectivity index (χ2v) is 3.71. The van der Waals surface area contributed by atoms with Crippen molar-refractivity contribution in [3.63, 3.8) is 0 Å². The summed E-state index contributed by atoms with van der Waals surface area (Å²) in [6.07, 6.45) is -0.242. The van der Waals surface area contributed by atoms with Gasteiger partial charge in [-0.15, -0.1) is 0 Å². The Morgan fingerprint density at radius 3 is 2.75 bits per heavy atom. The highest BCUT2D eigenvalue weighted by Gasteiger charge is 2.28. The maximum Gasteiger partial charge on any atom is 0.0831 e. The predicted octanol–water partition coefficient (Wildman–Crippen LogP) is -1.40. The van der Waals surface area contributed by atoms with Crippen LogP contribution in [0.5, 0.6) is 0 Å².